The highest BCUT2D eigenvalue weighted by atomic mass is 16.5. The lowest BCUT2D eigenvalue weighted by Gasteiger charge is -2.28. The number of aryl methyl sites for hydroxylation is 2. The van der Waals surface area contributed by atoms with Crippen molar-refractivity contribution in [2.24, 2.45) is 5.92 Å². The third-order valence-electron chi connectivity index (χ3n) is 4.73. The van der Waals surface area contributed by atoms with Gasteiger partial charge in [-0.25, -0.2) is 0 Å². The summed E-state index contributed by atoms with van der Waals surface area (Å²) in [6.45, 7) is 6.73. The lowest BCUT2D eigenvalue weighted by molar-refractivity contribution is 0.199. The predicted molar refractivity (Wildman–Crippen MR) is 83.4 cm³/mol. The Kier molecular flexibility index (Phi) is 3.67. The van der Waals surface area contributed by atoms with Gasteiger partial charge in [-0.05, 0) is 75.1 Å². The van der Waals surface area contributed by atoms with E-state index in [1.807, 2.05) is 0 Å². The lowest BCUT2D eigenvalue weighted by Crippen LogP contribution is -2.52. The summed E-state index contributed by atoms with van der Waals surface area (Å²) in [4.78, 5) is 0. The van der Waals surface area contributed by atoms with E-state index in [0.717, 1.165) is 18.6 Å². The number of benzene rings is 1. The van der Waals surface area contributed by atoms with Gasteiger partial charge in [-0.3, -0.25) is 5.32 Å². The van der Waals surface area contributed by atoms with Crippen LogP contribution >= 0.6 is 0 Å². The highest BCUT2D eigenvalue weighted by Crippen LogP contribution is 2.42. The van der Waals surface area contributed by atoms with Crippen LogP contribution in [0.25, 0.3) is 0 Å². The first-order chi connectivity index (χ1) is 10.0. The standard InChI is InChI=1S/C18H24N2O/c1-12-8-13(2)14(3)17(9-12)21-11-18(10-19,15-4-5-15)20-16-6-7-16/h8-9,15-16,20H,4-7,11H2,1-3H3. The van der Waals surface area contributed by atoms with Crippen LogP contribution in [0.2, 0.25) is 0 Å². The van der Waals surface area contributed by atoms with E-state index in [1.54, 1.807) is 0 Å². The second kappa shape index (κ2) is 5.35. The molecule has 1 N–H and O–H groups in total. The van der Waals surface area contributed by atoms with Crippen LogP contribution in [0.4, 0.5) is 0 Å². The third kappa shape index (κ3) is 3.06. The minimum atomic E-state index is -0.495. The smallest absolute Gasteiger partial charge is 0.144 e. The molecule has 1 unspecified atom stereocenters. The molecular weight excluding hydrogens is 260 g/mol. The van der Waals surface area contributed by atoms with Gasteiger partial charge in [0.05, 0.1) is 6.07 Å². The van der Waals surface area contributed by atoms with Gasteiger partial charge in [-0.2, -0.15) is 5.26 Å². The van der Waals surface area contributed by atoms with Gasteiger partial charge in [0, 0.05) is 6.04 Å². The number of ether oxygens (including phenoxy) is 1. The molecule has 1 aromatic carbocycles. The van der Waals surface area contributed by atoms with Crippen molar-refractivity contribution in [3.8, 4) is 11.8 Å². The molecular formula is C18H24N2O. The molecule has 0 aliphatic heterocycles. The highest BCUT2D eigenvalue weighted by Gasteiger charge is 2.49. The molecule has 3 rings (SSSR count). The van der Waals surface area contributed by atoms with Gasteiger partial charge in [-0.1, -0.05) is 6.07 Å². The Labute approximate surface area is 127 Å². The first kappa shape index (κ1) is 14.4. The van der Waals surface area contributed by atoms with E-state index >= 15 is 0 Å². The second-order valence-electron chi connectivity index (χ2n) is 6.77. The van der Waals surface area contributed by atoms with Crippen LogP contribution in [0, 0.1) is 38.0 Å². The van der Waals surface area contributed by atoms with Gasteiger partial charge in [0.1, 0.15) is 17.9 Å². The summed E-state index contributed by atoms with van der Waals surface area (Å²) in [5, 5.41) is 13.3. The largest absolute Gasteiger partial charge is 0.490 e. The fourth-order valence-electron chi connectivity index (χ4n) is 2.94. The number of rotatable bonds is 6. The van der Waals surface area contributed by atoms with Crippen molar-refractivity contribution in [1.29, 1.82) is 5.26 Å². The van der Waals surface area contributed by atoms with Gasteiger partial charge in [-0.15, -0.1) is 0 Å². The van der Waals surface area contributed by atoms with Crippen LogP contribution in [0.15, 0.2) is 12.1 Å². The summed E-state index contributed by atoms with van der Waals surface area (Å²) in [6.07, 6.45) is 4.67. The van der Waals surface area contributed by atoms with Crippen LogP contribution in [0.3, 0.4) is 0 Å². The number of hydrogen-bond donors (Lipinski definition) is 1. The minimum Gasteiger partial charge on any atom is -0.490 e. The monoisotopic (exact) mass is 284 g/mol. The zero-order valence-corrected chi connectivity index (χ0v) is 13.2. The quantitative estimate of drug-likeness (QED) is 0.870. The molecule has 1 atom stereocenters. The summed E-state index contributed by atoms with van der Waals surface area (Å²) in [5.74, 6) is 1.37. The zero-order valence-electron chi connectivity index (χ0n) is 13.2. The molecule has 3 nitrogen and oxygen atoms in total. The van der Waals surface area contributed by atoms with Gasteiger partial charge in [0.25, 0.3) is 0 Å². The van der Waals surface area contributed by atoms with Gasteiger partial charge in [0.2, 0.25) is 0 Å². The molecule has 0 aromatic heterocycles. The molecule has 21 heavy (non-hydrogen) atoms. The van der Waals surface area contributed by atoms with Crippen molar-refractivity contribution in [3.05, 3.63) is 28.8 Å². The summed E-state index contributed by atoms with van der Waals surface area (Å²) in [5.41, 5.74) is 3.13. The van der Waals surface area contributed by atoms with Gasteiger partial charge >= 0.3 is 0 Å². The van der Waals surface area contributed by atoms with Gasteiger partial charge < -0.3 is 4.74 Å². The molecule has 3 heteroatoms. The van der Waals surface area contributed by atoms with E-state index in [1.165, 1.54) is 29.5 Å². The van der Waals surface area contributed by atoms with E-state index in [9.17, 15) is 5.26 Å². The molecule has 0 bridgehead atoms. The van der Waals surface area contributed by atoms with Crippen molar-refractivity contribution in [3.63, 3.8) is 0 Å². The van der Waals surface area contributed by atoms with Crippen molar-refractivity contribution < 1.29 is 4.74 Å². The molecule has 2 fully saturated rings. The maximum atomic E-state index is 9.73. The Balaban J connectivity index is 1.76. The Morgan fingerprint density at radius 2 is 1.95 bits per heavy atom. The normalized spacial score (nSPS) is 20.7. The number of nitriles is 1. The fourth-order valence-corrected chi connectivity index (χ4v) is 2.94. The lowest BCUT2D eigenvalue weighted by atomic mass is 9.95. The maximum absolute atomic E-state index is 9.73. The molecule has 0 amide bonds. The van der Waals surface area contributed by atoms with Gasteiger partial charge in [0.15, 0.2) is 0 Å². The SMILES string of the molecule is Cc1cc(C)c(C)c(OCC(C#N)(NC2CC2)C2CC2)c1. The summed E-state index contributed by atoms with van der Waals surface area (Å²) in [7, 11) is 0. The first-order valence-electron chi connectivity index (χ1n) is 7.94. The molecule has 112 valence electrons. The number of nitrogens with zero attached hydrogens (tertiary/aromatic N) is 1. The molecule has 1 aromatic rings. The highest BCUT2D eigenvalue weighted by molar-refractivity contribution is 5.42. The third-order valence-corrected chi connectivity index (χ3v) is 4.73. The predicted octanol–water partition coefficient (Wildman–Crippen LogP) is 3.42. The zero-order chi connectivity index (χ0) is 15.0. The van der Waals surface area contributed by atoms with Crippen molar-refractivity contribution in [1.82, 2.24) is 5.32 Å². The Bertz CT molecular complexity index is 582. The summed E-state index contributed by atoms with van der Waals surface area (Å²) >= 11 is 0. The average Bonchev–Trinajstić information content (AvgIpc) is 3.32. The Hall–Kier alpha value is -1.53. The van der Waals surface area contributed by atoms with E-state index in [4.69, 9.17) is 4.74 Å². The molecule has 0 heterocycles. The van der Waals surface area contributed by atoms with E-state index in [2.05, 4.69) is 44.3 Å². The summed E-state index contributed by atoms with van der Waals surface area (Å²) in [6, 6.07) is 7.30. The van der Waals surface area contributed by atoms with E-state index < -0.39 is 5.54 Å². The van der Waals surface area contributed by atoms with Crippen LogP contribution in [0.1, 0.15) is 42.4 Å². The molecule has 2 aliphatic carbocycles. The number of hydrogen-bond acceptors (Lipinski definition) is 3. The van der Waals surface area contributed by atoms with Crippen LogP contribution in [-0.2, 0) is 0 Å². The second-order valence-corrected chi connectivity index (χ2v) is 6.77. The molecule has 2 saturated carbocycles. The summed E-state index contributed by atoms with van der Waals surface area (Å²) < 4.78 is 6.10. The topological polar surface area (TPSA) is 45.0 Å². The van der Waals surface area contributed by atoms with E-state index in [0.29, 0.717) is 18.6 Å². The molecule has 0 spiro atoms. The minimum absolute atomic E-state index is 0.453. The maximum Gasteiger partial charge on any atom is 0.144 e. The Morgan fingerprint density at radius 3 is 2.52 bits per heavy atom. The van der Waals surface area contributed by atoms with Crippen molar-refractivity contribution >= 4 is 0 Å². The van der Waals surface area contributed by atoms with E-state index in [-0.39, 0.29) is 0 Å². The molecule has 0 saturated heterocycles. The Morgan fingerprint density at radius 1 is 1.24 bits per heavy atom. The first-order valence-corrected chi connectivity index (χ1v) is 7.94. The van der Waals surface area contributed by atoms with Crippen LogP contribution < -0.4 is 10.1 Å². The fraction of sp³-hybridized carbons (Fsp3) is 0.611. The van der Waals surface area contributed by atoms with Crippen molar-refractivity contribution in [2.45, 2.75) is 58.0 Å². The van der Waals surface area contributed by atoms with Crippen molar-refractivity contribution in [2.75, 3.05) is 6.61 Å². The van der Waals surface area contributed by atoms with Crippen LogP contribution in [-0.4, -0.2) is 18.2 Å². The van der Waals surface area contributed by atoms with Crippen LogP contribution in [0.5, 0.6) is 5.75 Å². The average molecular weight is 284 g/mol. The molecule has 2 aliphatic rings. The number of nitrogens with one attached hydrogen (secondary N) is 1. The molecule has 0 radical (unpaired) electrons.